The van der Waals surface area contributed by atoms with E-state index in [9.17, 15) is 4.79 Å². The summed E-state index contributed by atoms with van der Waals surface area (Å²) in [5.74, 6) is 0.338. The number of carbonyl (C=O) groups is 1. The number of methoxy groups -OCH3 is 1. The molecule has 98 valence electrons. The average Bonchev–Trinajstić information content (AvgIpc) is 2.74. The number of carbonyl (C=O) groups excluding carboxylic acids is 1. The molecule has 1 N–H and O–H groups in total. The molecular formula is C15H21NO2. The van der Waals surface area contributed by atoms with Gasteiger partial charge in [0.25, 0.3) is 0 Å². The van der Waals surface area contributed by atoms with Gasteiger partial charge in [0.15, 0.2) is 0 Å². The zero-order chi connectivity index (χ0) is 13.2. The standard InChI is InChI=1S/C15H21NO2/c1-11-6-4-5-7-13(11)8-12-9-15(2,16-10-12)14(17)18-3/h4-7,12,16H,8-10H2,1-3H3. The zero-order valence-electron chi connectivity index (χ0n) is 11.3. The maximum Gasteiger partial charge on any atom is 0.325 e. The van der Waals surface area contributed by atoms with Gasteiger partial charge in [-0.2, -0.15) is 0 Å². The summed E-state index contributed by atoms with van der Waals surface area (Å²) in [4.78, 5) is 11.7. The van der Waals surface area contributed by atoms with Crippen molar-refractivity contribution < 1.29 is 9.53 Å². The molecule has 3 heteroatoms. The highest BCUT2D eigenvalue weighted by molar-refractivity contribution is 5.80. The van der Waals surface area contributed by atoms with Crippen LogP contribution in [0.2, 0.25) is 0 Å². The molecule has 0 bridgehead atoms. The Balaban J connectivity index is 2.02. The molecule has 3 nitrogen and oxygen atoms in total. The number of nitrogens with one attached hydrogen (secondary N) is 1. The second kappa shape index (κ2) is 5.11. The van der Waals surface area contributed by atoms with E-state index in [0.29, 0.717) is 5.92 Å². The Labute approximate surface area is 109 Å². The number of benzene rings is 1. The highest BCUT2D eigenvalue weighted by Crippen LogP contribution is 2.28. The number of aryl methyl sites for hydroxylation is 1. The fourth-order valence-corrected chi connectivity index (χ4v) is 2.77. The minimum Gasteiger partial charge on any atom is -0.468 e. The van der Waals surface area contributed by atoms with Crippen molar-refractivity contribution in [3.05, 3.63) is 35.4 Å². The lowest BCUT2D eigenvalue weighted by Gasteiger charge is -2.21. The van der Waals surface area contributed by atoms with E-state index in [0.717, 1.165) is 19.4 Å². The van der Waals surface area contributed by atoms with Crippen LogP contribution in [-0.4, -0.2) is 25.2 Å². The van der Waals surface area contributed by atoms with Crippen LogP contribution in [0.3, 0.4) is 0 Å². The Morgan fingerprint density at radius 1 is 1.50 bits per heavy atom. The molecule has 0 amide bonds. The zero-order valence-corrected chi connectivity index (χ0v) is 11.3. The highest BCUT2D eigenvalue weighted by atomic mass is 16.5. The maximum atomic E-state index is 11.7. The van der Waals surface area contributed by atoms with Gasteiger partial charge < -0.3 is 10.1 Å². The number of rotatable bonds is 3. The van der Waals surface area contributed by atoms with Crippen LogP contribution < -0.4 is 5.32 Å². The molecule has 18 heavy (non-hydrogen) atoms. The van der Waals surface area contributed by atoms with Gasteiger partial charge in [0.2, 0.25) is 0 Å². The Morgan fingerprint density at radius 3 is 2.89 bits per heavy atom. The van der Waals surface area contributed by atoms with Gasteiger partial charge in [-0.05, 0) is 50.3 Å². The topological polar surface area (TPSA) is 38.3 Å². The first-order chi connectivity index (χ1) is 8.55. The van der Waals surface area contributed by atoms with Crippen LogP contribution in [-0.2, 0) is 16.0 Å². The SMILES string of the molecule is COC(=O)C1(C)CC(Cc2ccccc2C)CN1. The molecule has 1 aromatic carbocycles. The summed E-state index contributed by atoms with van der Waals surface area (Å²) in [6.45, 7) is 4.94. The Bertz CT molecular complexity index is 444. The molecular weight excluding hydrogens is 226 g/mol. The Morgan fingerprint density at radius 2 is 2.22 bits per heavy atom. The van der Waals surface area contributed by atoms with Gasteiger partial charge in [-0.1, -0.05) is 24.3 Å². The number of hydrogen-bond donors (Lipinski definition) is 1. The van der Waals surface area contributed by atoms with Crippen molar-refractivity contribution in [3.63, 3.8) is 0 Å². The molecule has 1 aliphatic rings. The van der Waals surface area contributed by atoms with Crippen LogP contribution in [0.25, 0.3) is 0 Å². The lowest BCUT2D eigenvalue weighted by Crippen LogP contribution is -2.45. The second-order valence-electron chi connectivity index (χ2n) is 5.41. The predicted octanol–water partition coefficient (Wildman–Crippen LogP) is 2.08. The summed E-state index contributed by atoms with van der Waals surface area (Å²) in [6, 6.07) is 8.44. The molecule has 2 atom stereocenters. The van der Waals surface area contributed by atoms with Crippen molar-refractivity contribution in [1.82, 2.24) is 5.32 Å². The van der Waals surface area contributed by atoms with Crippen LogP contribution in [0.4, 0.5) is 0 Å². The third kappa shape index (κ3) is 2.56. The monoisotopic (exact) mass is 247 g/mol. The molecule has 0 saturated carbocycles. The molecule has 1 heterocycles. The van der Waals surface area contributed by atoms with E-state index in [1.807, 2.05) is 6.92 Å². The number of hydrogen-bond acceptors (Lipinski definition) is 3. The van der Waals surface area contributed by atoms with Crippen molar-refractivity contribution in [1.29, 1.82) is 0 Å². The van der Waals surface area contributed by atoms with Gasteiger partial charge in [0.05, 0.1) is 7.11 Å². The van der Waals surface area contributed by atoms with E-state index >= 15 is 0 Å². The molecule has 1 aliphatic heterocycles. The van der Waals surface area contributed by atoms with Crippen LogP contribution in [0, 0.1) is 12.8 Å². The summed E-state index contributed by atoms with van der Waals surface area (Å²) in [5, 5.41) is 3.30. The average molecular weight is 247 g/mol. The van der Waals surface area contributed by atoms with Crippen molar-refractivity contribution in [2.45, 2.75) is 32.2 Å². The summed E-state index contributed by atoms with van der Waals surface area (Å²) in [5.41, 5.74) is 2.19. The van der Waals surface area contributed by atoms with Crippen molar-refractivity contribution in [2.75, 3.05) is 13.7 Å². The fraction of sp³-hybridized carbons (Fsp3) is 0.533. The lowest BCUT2D eigenvalue weighted by atomic mass is 9.89. The van der Waals surface area contributed by atoms with E-state index in [4.69, 9.17) is 4.74 Å². The van der Waals surface area contributed by atoms with Gasteiger partial charge in [-0.15, -0.1) is 0 Å². The minimum atomic E-state index is -0.512. The van der Waals surface area contributed by atoms with E-state index < -0.39 is 5.54 Å². The first-order valence-corrected chi connectivity index (χ1v) is 6.43. The van der Waals surface area contributed by atoms with Crippen LogP contribution in [0.15, 0.2) is 24.3 Å². The van der Waals surface area contributed by atoms with Crippen molar-refractivity contribution in [2.24, 2.45) is 5.92 Å². The highest BCUT2D eigenvalue weighted by Gasteiger charge is 2.41. The van der Waals surface area contributed by atoms with Gasteiger partial charge in [0, 0.05) is 0 Å². The Hall–Kier alpha value is -1.35. The molecule has 0 radical (unpaired) electrons. The third-order valence-corrected chi connectivity index (χ3v) is 3.88. The van der Waals surface area contributed by atoms with E-state index in [-0.39, 0.29) is 5.97 Å². The molecule has 0 aliphatic carbocycles. The van der Waals surface area contributed by atoms with Crippen molar-refractivity contribution in [3.8, 4) is 0 Å². The quantitative estimate of drug-likeness (QED) is 0.831. The predicted molar refractivity (Wildman–Crippen MR) is 71.4 cm³/mol. The van der Waals surface area contributed by atoms with Crippen molar-refractivity contribution >= 4 is 5.97 Å². The number of esters is 1. The third-order valence-electron chi connectivity index (χ3n) is 3.88. The lowest BCUT2D eigenvalue weighted by molar-refractivity contribution is -0.147. The second-order valence-corrected chi connectivity index (χ2v) is 5.41. The van der Waals surface area contributed by atoms with E-state index in [1.165, 1.54) is 18.2 Å². The molecule has 2 unspecified atom stereocenters. The molecule has 0 aromatic heterocycles. The van der Waals surface area contributed by atoms with Crippen LogP contribution >= 0.6 is 0 Å². The largest absolute Gasteiger partial charge is 0.468 e. The molecule has 1 saturated heterocycles. The smallest absolute Gasteiger partial charge is 0.325 e. The fourth-order valence-electron chi connectivity index (χ4n) is 2.77. The molecule has 1 aromatic rings. The maximum absolute atomic E-state index is 11.7. The van der Waals surface area contributed by atoms with Crippen LogP contribution in [0.1, 0.15) is 24.5 Å². The molecule has 1 fully saturated rings. The summed E-state index contributed by atoms with van der Waals surface area (Å²) in [6.07, 6.45) is 1.86. The summed E-state index contributed by atoms with van der Waals surface area (Å²) >= 11 is 0. The molecule has 2 rings (SSSR count). The normalized spacial score (nSPS) is 27.2. The first kappa shape index (κ1) is 13.1. The first-order valence-electron chi connectivity index (χ1n) is 6.43. The van der Waals surface area contributed by atoms with Gasteiger partial charge in [-0.3, -0.25) is 4.79 Å². The minimum absolute atomic E-state index is 0.158. The number of ether oxygens (including phenoxy) is 1. The summed E-state index contributed by atoms with van der Waals surface area (Å²) < 4.78 is 4.86. The molecule has 0 spiro atoms. The van der Waals surface area contributed by atoms with Gasteiger partial charge in [0.1, 0.15) is 5.54 Å². The van der Waals surface area contributed by atoms with Gasteiger partial charge in [-0.25, -0.2) is 0 Å². The summed E-state index contributed by atoms with van der Waals surface area (Å²) in [7, 11) is 1.45. The van der Waals surface area contributed by atoms with E-state index in [2.05, 4.69) is 36.5 Å². The van der Waals surface area contributed by atoms with Crippen LogP contribution in [0.5, 0.6) is 0 Å². The Kier molecular flexibility index (Phi) is 3.71. The van der Waals surface area contributed by atoms with Gasteiger partial charge >= 0.3 is 5.97 Å². The van der Waals surface area contributed by atoms with E-state index in [1.54, 1.807) is 0 Å².